The molecule has 1 N–H and O–H groups in total. The standard InChI is InChI=1S/C14H23BrN2O3Si/c1-14(2,3)21(4,5)20-9-8-16-12-10-11(15)6-7-13(12)17(18)19/h6-7,10,16H,8-9H2,1-5H3. The van der Waals surface area contributed by atoms with E-state index in [0.29, 0.717) is 18.8 Å². The van der Waals surface area contributed by atoms with Gasteiger partial charge in [-0.2, -0.15) is 0 Å². The van der Waals surface area contributed by atoms with Gasteiger partial charge in [-0.3, -0.25) is 10.1 Å². The Bertz CT molecular complexity index is 515. The van der Waals surface area contributed by atoms with Gasteiger partial charge in [0.15, 0.2) is 8.32 Å². The Kier molecular flexibility index (Phi) is 5.95. The molecule has 0 spiro atoms. The lowest BCUT2D eigenvalue weighted by molar-refractivity contribution is -0.384. The van der Waals surface area contributed by atoms with E-state index in [1.807, 2.05) is 0 Å². The molecule has 1 aromatic carbocycles. The van der Waals surface area contributed by atoms with Crippen LogP contribution in [-0.4, -0.2) is 26.4 Å². The lowest BCUT2D eigenvalue weighted by Gasteiger charge is -2.36. The molecule has 7 heteroatoms. The summed E-state index contributed by atoms with van der Waals surface area (Å²) in [5.74, 6) is 0. The largest absolute Gasteiger partial charge is 0.415 e. The molecule has 0 saturated heterocycles. The lowest BCUT2D eigenvalue weighted by atomic mass is 10.2. The summed E-state index contributed by atoms with van der Waals surface area (Å²) < 4.78 is 6.85. The zero-order valence-electron chi connectivity index (χ0n) is 13.2. The maximum Gasteiger partial charge on any atom is 0.292 e. The molecule has 0 unspecified atom stereocenters. The summed E-state index contributed by atoms with van der Waals surface area (Å²) in [5, 5.41) is 14.2. The normalized spacial score (nSPS) is 12.3. The van der Waals surface area contributed by atoms with Crippen molar-refractivity contribution in [1.82, 2.24) is 0 Å². The summed E-state index contributed by atoms with van der Waals surface area (Å²) in [6.07, 6.45) is 0. The number of hydrogen-bond acceptors (Lipinski definition) is 4. The van der Waals surface area contributed by atoms with Crippen LogP contribution in [0.4, 0.5) is 11.4 Å². The van der Waals surface area contributed by atoms with Crippen LogP contribution in [-0.2, 0) is 4.43 Å². The van der Waals surface area contributed by atoms with E-state index in [1.165, 1.54) is 6.07 Å². The Labute approximate surface area is 135 Å². The van der Waals surface area contributed by atoms with Gasteiger partial charge in [0.05, 0.1) is 11.5 Å². The Balaban J connectivity index is 2.61. The van der Waals surface area contributed by atoms with E-state index >= 15 is 0 Å². The maximum atomic E-state index is 11.0. The third-order valence-electron chi connectivity index (χ3n) is 3.84. The molecule has 0 fully saturated rings. The second-order valence-corrected chi connectivity index (χ2v) is 12.2. The Morgan fingerprint density at radius 1 is 1.38 bits per heavy atom. The summed E-state index contributed by atoms with van der Waals surface area (Å²) in [4.78, 5) is 10.6. The number of benzene rings is 1. The third kappa shape index (κ3) is 5.08. The second kappa shape index (κ2) is 6.89. The van der Waals surface area contributed by atoms with Crippen molar-refractivity contribution in [3.8, 4) is 0 Å². The van der Waals surface area contributed by atoms with E-state index in [-0.39, 0.29) is 15.6 Å². The summed E-state index contributed by atoms with van der Waals surface area (Å²) in [7, 11) is -1.77. The topological polar surface area (TPSA) is 64.4 Å². The van der Waals surface area contributed by atoms with Gasteiger partial charge in [0.25, 0.3) is 5.69 Å². The summed E-state index contributed by atoms with van der Waals surface area (Å²) in [5.41, 5.74) is 0.582. The molecule has 0 amide bonds. The van der Waals surface area contributed by atoms with Crippen molar-refractivity contribution >= 4 is 35.6 Å². The first-order valence-corrected chi connectivity index (χ1v) is 10.6. The van der Waals surface area contributed by atoms with Gasteiger partial charge in [-0.25, -0.2) is 0 Å². The van der Waals surface area contributed by atoms with Crippen molar-refractivity contribution < 1.29 is 9.35 Å². The first-order valence-electron chi connectivity index (χ1n) is 6.86. The molecular formula is C14H23BrN2O3Si. The van der Waals surface area contributed by atoms with Gasteiger partial charge in [-0.05, 0) is 30.3 Å². The van der Waals surface area contributed by atoms with E-state index in [0.717, 1.165) is 4.47 Å². The molecule has 0 atom stereocenters. The SMILES string of the molecule is CC(C)(C)[Si](C)(C)OCCNc1cc(Br)ccc1[N+](=O)[O-]. The van der Waals surface area contributed by atoms with Crippen LogP contribution in [0.5, 0.6) is 0 Å². The number of nitro groups is 1. The fourth-order valence-corrected chi connectivity index (χ4v) is 2.92. The van der Waals surface area contributed by atoms with Gasteiger partial charge >= 0.3 is 0 Å². The van der Waals surface area contributed by atoms with Gasteiger partial charge in [0.2, 0.25) is 0 Å². The van der Waals surface area contributed by atoms with Crippen molar-refractivity contribution in [2.45, 2.75) is 38.9 Å². The molecule has 118 valence electrons. The van der Waals surface area contributed by atoms with Gasteiger partial charge in [-0.1, -0.05) is 36.7 Å². The number of nitrogens with one attached hydrogen (secondary N) is 1. The van der Waals surface area contributed by atoms with E-state index in [9.17, 15) is 10.1 Å². The first-order chi connectivity index (χ1) is 9.54. The van der Waals surface area contributed by atoms with Crippen LogP contribution in [0.15, 0.2) is 22.7 Å². The minimum absolute atomic E-state index is 0.0746. The zero-order valence-corrected chi connectivity index (χ0v) is 15.8. The Morgan fingerprint density at radius 3 is 2.52 bits per heavy atom. The fraction of sp³-hybridized carbons (Fsp3) is 0.571. The van der Waals surface area contributed by atoms with Crippen molar-refractivity contribution in [1.29, 1.82) is 0 Å². The number of nitro benzene ring substituents is 1. The van der Waals surface area contributed by atoms with E-state index in [2.05, 4.69) is 55.1 Å². The van der Waals surface area contributed by atoms with Crippen LogP contribution < -0.4 is 5.32 Å². The van der Waals surface area contributed by atoms with E-state index < -0.39 is 8.32 Å². The zero-order chi connectivity index (χ0) is 16.3. The molecule has 0 aliphatic heterocycles. The monoisotopic (exact) mass is 374 g/mol. The van der Waals surface area contributed by atoms with Crippen LogP contribution in [0, 0.1) is 10.1 Å². The minimum atomic E-state index is -1.77. The quantitative estimate of drug-likeness (QED) is 0.336. The average molecular weight is 375 g/mol. The highest BCUT2D eigenvalue weighted by Crippen LogP contribution is 2.36. The minimum Gasteiger partial charge on any atom is -0.415 e. The molecule has 0 saturated carbocycles. The number of hydrogen-bond donors (Lipinski definition) is 1. The van der Waals surface area contributed by atoms with Gasteiger partial charge < -0.3 is 9.74 Å². The summed E-state index contributed by atoms with van der Waals surface area (Å²) >= 11 is 3.33. The number of rotatable bonds is 6. The highest BCUT2D eigenvalue weighted by Gasteiger charge is 2.36. The van der Waals surface area contributed by atoms with Crippen molar-refractivity contribution in [3.05, 3.63) is 32.8 Å². The first kappa shape index (κ1) is 18.1. The molecule has 0 aliphatic carbocycles. The Hall–Kier alpha value is -0.923. The van der Waals surface area contributed by atoms with E-state index in [1.54, 1.807) is 12.1 Å². The molecule has 0 heterocycles. The molecule has 1 aromatic rings. The van der Waals surface area contributed by atoms with Crippen molar-refractivity contribution in [2.24, 2.45) is 0 Å². The lowest BCUT2D eigenvalue weighted by Crippen LogP contribution is -2.41. The van der Waals surface area contributed by atoms with Gasteiger partial charge in [-0.15, -0.1) is 0 Å². The summed E-state index contributed by atoms with van der Waals surface area (Å²) in [6, 6.07) is 4.86. The molecule has 5 nitrogen and oxygen atoms in total. The number of halogens is 1. The third-order valence-corrected chi connectivity index (χ3v) is 8.87. The molecule has 21 heavy (non-hydrogen) atoms. The molecule has 1 rings (SSSR count). The molecular weight excluding hydrogens is 352 g/mol. The van der Waals surface area contributed by atoms with Crippen LogP contribution in [0.3, 0.4) is 0 Å². The fourth-order valence-electron chi connectivity index (χ4n) is 1.52. The highest BCUT2D eigenvalue weighted by molar-refractivity contribution is 9.10. The van der Waals surface area contributed by atoms with Crippen molar-refractivity contribution in [2.75, 3.05) is 18.5 Å². The maximum absolute atomic E-state index is 11.0. The van der Waals surface area contributed by atoms with Gasteiger partial charge in [0, 0.05) is 17.1 Å². The predicted octanol–water partition coefficient (Wildman–Crippen LogP) is 4.79. The highest BCUT2D eigenvalue weighted by atomic mass is 79.9. The van der Waals surface area contributed by atoms with Crippen LogP contribution >= 0.6 is 15.9 Å². The van der Waals surface area contributed by atoms with E-state index in [4.69, 9.17) is 4.43 Å². The number of nitrogens with zero attached hydrogens (tertiary/aromatic N) is 1. The smallest absolute Gasteiger partial charge is 0.292 e. The summed E-state index contributed by atoms with van der Waals surface area (Å²) in [6.45, 7) is 12.0. The van der Waals surface area contributed by atoms with Crippen LogP contribution in [0.1, 0.15) is 20.8 Å². The predicted molar refractivity (Wildman–Crippen MR) is 92.4 cm³/mol. The second-order valence-electron chi connectivity index (χ2n) is 6.45. The average Bonchev–Trinajstić information content (AvgIpc) is 2.33. The molecule has 0 aromatic heterocycles. The van der Waals surface area contributed by atoms with Crippen molar-refractivity contribution in [3.63, 3.8) is 0 Å². The number of anilines is 1. The molecule has 0 radical (unpaired) electrons. The Morgan fingerprint density at radius 2 is 2.00 bits per heavy atom. The van der Waals surface area contributed by atoms with Crippen LogP contribution in [0.25, 0.3) is 0 Å². The molecule has 0 bridgehead atoms. The van der Waals surface area contributed by atoms with Crippen LogP contribution in [0.2, 0.25) is 18.1 Å². The molecule has 0 aliphatic rings. The van der Waals surface area contributed by atoms with Gasteiger partial charge in [0.1, 0.15) is 5.69 Å².